The number of aryl methyl sites for hydroxylation is 1. The molecule has 0 N–H and O–H groups in total. The molecule has 0 aliphatic carbocycles. The van der Waals surface area contributed by atoms with E-state index in [0.29, 0.717) is 16.8 Å². The average Bonchev–Trinajstić information content (AvgIpc) is 3.40. The van der Waals surface area contributed by atoms with Crippen LogP contribution in [-0.4, -0.2) is 45.3 Å². The van der Waals surface area contributed by atoms with E-state index >= 15 is 0 Å². The van der Waals surface area contributed by atoms with Gasteiger partial charge in [0.05, 0.1) is 22.2 Å². The Morgan fingerprint density at radius 1 is 1.00 bits per heavy atom. The summed E-state index contributed by atoms with van der Waals surface area (Å²) >= 11 is 3.60. The normalized spacial score (nSPS) is 21.4. The maximum Gasteiger partial charge on any atom is 0.338 e. The molecule has 3 heterocycles. The minimum atomic E-state index is -0.676. The summed E-state index contributed by atoms with van der Waals surface area (Å²) in [6.07, 6.45) is 1.55. The SMILES string of the molecule is Cc1ncnc2c1c(Br)cn2[C@H]1O[C@@H](COC(=O)c2ccccc2)[C@H](OC(=O)c2ccccc2)[C@@H]1C. The number of aromatic nitrogens is 3. The number of carbonyl (C=O) groups is 2. The number of rotatable bonds is 6. The lowest BCUT2D eigenvalue weighted by molar-refractivity contribution is -0.0566. The fraction of sp³-hybridized carbons (Fsp3) is 0.259. The molecule has 2 aromatic heterocycles. The van der Waals surface area contributed by atoms with Crippen LogP contribution in [-0.2, 0) is 14.2 Å². The van der Waals surface area contributed by atoms with Crippen LogP contribution in [0.5, 0.6) is 0 Å². The van der Waals surface area contributed by atoms with Crippen molar-refractivity contribution >= 4 is 38.9 Å². The summed E-state index contributed by atoms with van der Waals surface area (Å²) in [5, 5.41) is 0.880. The van der Waals surface area contributed by atoms with Crippen LogP contribution in [0, 0.1) is 12.8 Å². The van der Waals surface area contributed by atoms with Crippen LogP contribution in [0.2, 0.25) is 0 Å². The first-order valence-electron chi connectivity index (χ1n) is 11.6. The van der Waals surface area contributed by atoms with Gasteiger partial charge in [-0.3, -0.25) is 0 Å². The number of hydrogen-bond acceptors (Lipinski definition) is 7. The minimum Gasteiger partial charge on any atom is -0.459 e. The van der Waals surface area contributed by atoms with Gasteiger partial charge in [0.1, 0.15) is 37.0 Å². The molecule has 9 heteroatoms. The van der Waals surface area contributed by atoms with E-state index in [1.54, 1.807) is 48.5 Å². The molecule has 36 heavy (non-hydrogen) atoms. The van der Waals surface area contributed by atoms with Gasteiger partial charge in [0, 0.05) is 16.6 Å². The maximum atomic E-state index is 12.9. The van der Waals surface area contributed by atoms with Gasteiger partial charge in [-0.25, -0.2) is 19.6 Å². The average molecular weight is 550 g/mol. The zero-order valence-corrected chi connectivity index (χ0v) is 21.3. The second-order valence-corrected chi connectivity index (χ2v) is 9.52. The smallest absolute Gasteiger partial charge is 0.338 e. The zero-order chi connectivity index (χ0) is 25.2. The van der Waals surface area contributed by atoms with E-state index in [-0.39, 0.29) is 12.5 Å². The molecule has 8 nitrogen and oxygen atoms in total. The quantitative estimate of drug-likeness (QED) is 0.308. The highest BCUT2D eigenvalue weighted by Gasteiger charge is 2.46. The van der Waals surface area contributed by atoms with Crippen LogP contribution in [0.4, 0.5) is 0 Å². The molecule has 4 aromatic rings. The lowest BCUT2D eigenvalue weighted by Gasteiger charge is -2.21. The Labute approximate surface area is 216 Å². The molecule has 2 aromatic carbocycles. The third-order valence-corrected chi connectivity index (χ3v) is 6.92. The van der Waals surface area contributed by atoms with Crippen LogP contribution in [0.3, 0.4) is 0 Å². The van der Waals surface area contributed by atoms with Gasteiger partial charge < -0.3 is 18.8 Å². The Morgan fingerprint density at radius 2 is 1.64 bits per heavy atom. The van der Waals surface area contributed by atoms with Crippen molar-refractivity contribution in [1.29, 1.82) is 0 Å². The number of fused-ring (bicyclic) bond motifs is 1. The topological polar surface area (TPSA) is 92.5 Å². The lowest BCUT2D eigenvalue weighted by Crippen LogP contribution is -2.35. The largest absolute Gasteiger partial charge is 0.459 e. The Hall–Kier alpha value is -3.56. The highest BCUT2D eigenvalue weighted by Crippen LogP contribution is 2.40. The van der Waals surface area contributed by atoms with E-state index in [1.807, 2.05) is 36.7 Å². The van der Waals surface area contributed by atoms with Crippen LogP contribution in [0.1, 0.15) is 39.6 Å². The third kappa shape index (κ3) is 4.64. The third-order valence-electron chi connectivity index (χ3n) is 6.32. The van der Waals surface area contributed by atoms with Crippen molar-refractivity contribution in [3.63, 3.8) is 0 Å². The first-order valence-corrected chi connectivity index (χ1v) is 12.3. The van der Waals surface area contributed by atoms with Gasteiger partial charge in [0.15, 0.2) is 0 Å². The molecule has 1 aliphatic heterocycles. The van der Waals surface area contributed by atoms with Crippen LogP contribution in [0.25, 0.3) is 11.0 Å². The van der Waals surface area contributed by atoms with Gasteiger partial charge in [-0.05, 0) is 47.1 Å². The van der Waals surface area contributed by atoms with Crippen molar-refractivity contribution in [1.82, 2.24) is 14.5 Å². The molecule has 1 fully saturated rings. The summed E-state index contributed by atoms with van der Waals surface area (Å²) in [5.41, 5.74) is 2.40. The number of esters is 2. The number of hydrogen-bond donors (Lipinski definition) is 0. The monoisotopic (exact) mass is 549 g/mol. The van der Waals surface area contributed by atoms with Gasteiger partial charge in [-0.2, -0.15) is 0 Å². The Bertz CT molecular complexity index is 1390. The van der Waals surface area contributed by atoms with E-state index in [1.165, 1.54) is 6.33 Å². The molecule has 5 rings (SSSR count). The van der Waals surface area contributed by atoms with E-state index in [4.69, 9.17) is 14.2 Å². The molecule has 1 aliphatic rings. The van der Waals surface area contributed by atoms with Gasteiger partial charge in [-0.15, -0.1) is 0 Å². The summed E-state index contributed by atoms with van der Waals surface area (Å²) in [6.45, 7) is 3.78. The number of halogens is 1. The van der Waals surface area contributed by atoms with Crippen molar-refractivity contribution < 1.29 is 23.8 Å². The molecule has 0 unspecified atom stereocenters. The lowest BCUT2D eigenvalue weighted by atomic mass is 10.0. The van der Waals surface area contributed by atoms with Crippen molar-refractivity contribution in [3.05, 3.63) is 94.5 Å². The van der Waals surface area contributed by atoms with Crippen LogP contribution in [0.15, 0.2) is 77.7 Å². The van der Waals surface area contributed by atoms with Gasteiger partial charge >= 0.3 is 11.9 Å². The standard InChI is InChI=1S/C27H24BrN3O5/c1-16-23(36-27(33)19-11-7-4-8-12-19)21(14-34-26(32)18-9-5-3-6-10-18)35-25(16)31-13-20(28)22-17(2)29-15-30-24(22)31/h3-13,15-16,21,23,25H,14H2,1-2H3/t16-,21-,23+,25-/m0/s1. The molecular weight excluding hydrogens is 526 g/mol. The molecule has 1 saturated heterocycles. The van der Waals surface area contributed by atoms with Crippen LogP contribution >= 0.6 is 15.9 Å². The highest BCUT2D eigenvalue weighted by atomic mass is 79.9. The Kier molecular flexibility index (Phi) is 6.84. The fourth-order valence-electron chi connectivity index (χ4n) is 4.48. The predicted octanol–water partition coefficient (Wildman–Crippen LogP) is 5.12. The van der Waals surface area contributed by atoms with Crippen molar-refractivity contribution in [2.75, 3.05) is 6.61 Å². The Balaban J connectivity index is 1.43. The number of nitrogens with zero attached hydrogens (tertiary/aromatic N) is 3. The van der Waals surface area contributed by atoms with Crippen molar-refractivity contribution in [2.24, 2.45) is 5.92 Å². The second kappa shape index (κ2) is 10.2. The molecular formula is C27H24BrN3O5. The fourth-order valence-corrected chi connectivity index (χ4v) is 5.16. The molecule has 0 spiro atoms. The Morgan fingerprint density at radius 3 is 2.31 bits per heavy atom. The minimum absolute atomic E-state index is 0.0737. The first-order chi connectivity index (χ1) is 17.4. The predicted molar refractivity (Wildman–Crippen MR) is 135 cm³/mol. The number of carbonyl (C=O) groups excluding carboxylic acids is 2. The van der Waals surface area contributed by atoms with Crippen molar-refractivity contribution in [2.45, 2.75) is 32.3 Å². The number of benzene rings is 2. The molecule has 4 atom stereocenters. The van der Waals surface area contributed by atoms with Gasteiger partial charge in [0.25, 0.3) is 0 Å². The molecule has 0 radical (unpaired) electrons. The van der Waals surface area contributed by atoms with Gasteiger partial charge in [0.2, 0.25) is 0 Å². The van der Waals surface area contributed by atoms with Gasteiger partial charge in [-0.1, -0.05) is 43.3 Å². The van der Waals surface area contributed by atoms with E-state index in [2.05, 4.69) is 25.9 Å². The van der Waals surface area contributed by atoms with E-state index in [0.717, 1.165) is 15.6 Å². The molecule has 0 amide bonds. The molecule has 0 saturated carbocycles. The molecule has 0 bridgehead atoms. The second-order valence-electron chi connectivity index (χ2n) is 8.67. The van der Waals surface area contributed by atoms with Crippen LogP contribution < -0.4 is 0 Å². The van der Waals surface area contributed by atoms with E-state index < -0.39 is 30.4 Å². The highest BCUT2D eigenvalue weighted by molar-refractivity contribution is 9.10. The van der Waals surface area contributed by atoms with E-state index in [9.17, 15) is 9.59 Å². The van der Waals surface area contributed by atoms with Crippen molar-refractivity contribution in [3.8, 4) is 0 Å². The summed E-state index contributed by atoms with van der Waals surface area (Å²) < 4.78 is 20.6. The summed E-state index contributed by atoms with van der Waals surface area (Å²) in [7, 11) is 0. The zero-order valence-electron chi connectivity index (χ0n) is 19.7. The summed E-state index contributed by atoms with van der Waals surface area (Å²) in [5.74, 6) is -1.20. The molecule has 184 valence electrons. The number of ether oxygens (including phenoxy) is 3. The summed E-state index contributed by atoms with van der Waals surface area (Å²) in [6, 6.07) is 17.5. The first kappa shape index (κ1) is 24.1. The maximum absolute atomic E-state index is 12.9. The summed E-state index contributed by atoms with van der Waals surface area (Å²) in [4.78, 5) is 34.3.